The Balaban J connectivity index is 0.00000243. The van der Waals surface area contributed by atoms with Gasteiger partial charge in [-0.15, -0.1) is 23.7 Å². The molecule has 26 heavy (non-hydrogen) atoms. The fourth-order valence-electron chi connectivity index (χ4n) is 2.29. The average molecular weight is 405 g/mol. The minimum absolute atomic E-state index is 0. The lowest BCUT2D eigenvalue weighted by Gasteiger charge is -2.13. The number of rotatable bonds is 5. The molecule has 0 aliphatic carbocycles. The van der Waals surface area contributed by atoms with Crippen LogP contribution in [0.1, 0.15) is 15.4 Å². The molecule has 0 saturated heterocycles. The van der Waals surface area contributed by atoms with Crippen molar-refractivity contribution < 1.29 is 18.0 Å². The fourth-order valence-corrected chi connectivity index (χ4v) is 3.38. The number of aromatic nitrogens is 2. The quantitative estimate of drug-likeness (QED) is 0.685. The first-order valence-corrected chi connectivity index (χ1v) is 8.23. The number of nitrogens with one attached hydrogen (secondary N) is 1. The topological polar surface area (TPSA) is 72.9 Å². The van der Waals surface area contributed by atoms with Crippen molar-refractivity contribution in [1.29, 1.82) is 0 Å². The lowest BCUT2D eigenvalue weighted by Crippen LogP contribution is -2.41. The standard InChI is InChI=1S/C16H15F3N4OS.ClH/c1-9-12-6-13(14(24)21-8-16(18,19)7-20)25-15(12)23(22-9)11-4-2-10(17)3-5-11;/h2-6H,7-8,20H2,1H3,(H,21,24);1H. The Kier molecular flexibility index (Phi) is 5.94. The predicted octanol–water partition coefficient (Wildman–Crippen LogP) is 3.28. The number of hydrogen-bond acceptors (Lipinski definition) is 4. The van der Waals surface area contributed by atoms with Gasteiger partial charge in [-0.1, -0.05) is 0 Å². The van der Waals surface area contributed by atoms with Crippen LogP contribution in [0.3, 0.4) is 0 Å². The summed E-state index contributed by atoms with van der Waals surface area (Å²) in [6.45, 7) is 0.122. The van der Waals surface area contributed by atoms with E-state index in [0.717, 1.165) is 16.7 Å². The molecule has 3 aromatic rings. The van der Waals surface area contributed by atoms with Crippen LogP contribution in [0.5, 0.6) is 0 Å². The summed E-state index contributed by atoms with van der Waals surface area (Å²) in [5, 5.41) is 7.32. The molecule has 0 radical (unpaired) electrons. The molecule has 0 unspecified atom stereocenters. The highest BCUT2D eigenvalue weighted by molar-refractivity contribution is 7.20. The zero-order valence-electron chi connectivity index (χ0n) is 13.6. The SMILES string of the molecule is Cc1nn(-c2ccc(F)cc2)c2sc(C(=O)NCC(F)(F)CN)cc12.Cl. The molecule has 0 spiro atoms. The molecule has 1 aromatic carbocycles. The highest BCUT2D eigenvalue weighted by Gasteiger charge is 2.28. The van der Waals surface area contributed by atoms with Crippen molar-refractivity contribution in [2.75, 3.05) is 13.1 Å². The van der Waals surface area contributed by atoms with Gasteiger partial charge in [0.1, 0.15) is 10.6 Å². The summed E-state index contributed by atoms with van der Waals surface area (Å²) < 4.78 is 41.0. The van der Waals surface area contributed by atoms with E-state index in [4.69, 9.17) is 5.73 Å². The maximum atomic E-state index is 13.2. The second kappa shape index (κ2) is 7.65. The number of nitrogens with zero attached hydrogens (tertiary/aromatic N) is 2. The maximum Gasteiger partial charge on any atom is 0.277 e. The average Bonchev–Trinajstić information content (AvgIpc) is 3.15. The molecular formula is C16H16ClF3N4OS. The third kappa shape index (κ3) is 4.00. The fraction of sp³-hybridized carbons (Fsp3) is 0.250. The minimum atomic E-state index is -3.15. The van der Waals surface area contributed by atoms with Crippen LogP contribution >= 0.6 is 23.7 Å². The summed E-state index contributed by atoms with van der Waals surface area (Å²) in [5.41, 5.74) is 6.28. The molecule has 0 saturated carbocycles. The summed E-state index contributed by atoms with van der Waals surface area (Å²) in [6, 6.07) is 7.38. The van der Waals surface area contributed by atoms with Crippen molar-refractivity contribution >= 4 is 39.9 Å². The molecule has 1 amide bonds. The van der Waals surface area contributed by atoms with Crippen molar-refractivity contribution in [3.63, 3.8) is 0 Å². The first-order chi connectivity index (χ1) is 11.8. The molecule has 5 nitrogen and oxygen atoms in total. The van der Waals surface area contributed by atoms with Gasteiger partial charge in [-0.2, -0.15) is 5.10 Å². The molecule has 3 N–H and O–H groups in total. The van der Waals surface area contributed by atoms with E-state index >= 15 is 0 Å². The number of nitrogens with two attached hydrogens (primary N) is 1. The second-order valence-corrected chi connectivity index (χ2v) is 6.58. The van der Waals surface area contributed by atoms with Gasteiger partial charge < -0.3 is 11.1 Å². The number of thiophene rings is 1. The smallest absolute Gasteiger partial charge is 0.277 e. The van der Waals surface area contributed by atoms with E-state index in [-0.39, 0.29) is 18.2 Å². The number of alkyl halides is 2. The number of amides is 1. The van der Waals surface area contributed by atoms with Crippen LogP contribution in [0.25, 0.3) is 15.9 Å². The van der Waals surface area contributed by atoms with E-state index in [1.54, 1.807) is 29.8 Å². The van der Waals surface area contributed by atoms with Gasteiger partial charge in [0, 0.05) is 5.39 Å². The molecule has 2 heterocycles. The molecule has 0 fully saturated rings. The van der Waals surface area contributed by atoms with Gasteiger partial charge in [-0.05, 0) is 37.3 Å². The first-order valence-electron chi connectivity index (χ1n) is 7.42. The maximum absolute atomic E-state index is 13.2. The van der Waals surface area contributed by atoms with Gasteiger partial charge in [0.2, 0.25) is 0 Å². The molecule has 10 heteroatoms. The van der Waals surface area contributed by atoms with Crippen molar-refractivity contribution in [1.82, 2.24) is 15.1 Å². The molecule has 140 valence electrons. The Bertz CT molecular complexity index is 924. The van der Waals surface area contributed by atoms with Crippen LogP contribution in [0, 0.1) is 12.7 Å². The number of fused-ring (bicyclic) bond motifs is 1. The zero-order chi connectivity index (χ0) is 18.2. The Morgan fingerprint density at radius 2 is 2.00 bits per heavy atom. The molecular weight excluding hydrogens is 389 g/mol. The lowest BCUT2D eigenvalue weighted by molar-refractivity contribution is 0.0119. The third-order valence-electron chi connectivity index (χ3n) is 3.65. The van der Waals surface area contributed by atoms with Crippen LogP contribution < -0.4 is 11.1 Å². The highest BCUT2D eigenvalue weighted by atomic mass is 35.5. The Hall–Kier alpha value is -2.10. The molecule has 0 aliphatic rings. The van der Waals surface area contributed by atoms with E-state index in [1.165, 1.54) is 12.1 Å². The van der Waals surface area contributed by atoms with Crippen molar-refractivity contribution in [2.24, 2.45) is 5.73 Å². The summed E-state index contributed by atoms with van der Waals surface area (Å²) in [4.78, 5) is 13.1. The number of carbonyl (C=O) groups excluding carboxylic acids is 1. The Morgan fingerprint density at radius 3 is 2.62 bits per heavy atom. The Labute approximate surface area is 157 Å². The normalized spacial score (nSPS) is 11.4. The van der Waals surface area contributed by atoms with Gasteiger partial charge in [0.25, 0.3) is 11.8 Å². The lowest BCUT2D eigenvalue weighted by atomic mass is 10.3. The van der Waals surface area contributed by atoms with Gasteiger partial charge in [0.05, 0.1) is 29.3 Å². The molecule has 2 aromatic heterocycles. The van der Waals surface area contributed by atoms with Crippen LogP contribution in [0.2, 0.25) is 0 Å². The summed E-state index contributed by atoms with van der Waals surface area (Å²) in [5.74, 6) is -4.11. The number of aryl methyl sites for hydroxylation is 1. The van der Waals surface area contributed by atoms with E-state index in [2.05, 4.69) is 10.4 Å². The summed E-state index contributed by atoms with van der Waals surface area (Å²) >= 11 is 1.13. The largest absolute Gasteiger partial charge is 0.345 e. The van der Waals surface area contributed by atoms with E-state index < -0.39 is 24.9 Å². The minimum Gasteiger partial charge on any atom is -0.345 e. The van der Waals surface area contributed by atoms with Crippen LogP contribution in [0.4, 0.5) is 13.2 Å². The van der Waals surface area contributed by atoms with Gasteiger partial charge in [-0.25, -0.2) is 17.9 Å². The van der Waals surface area contributed by atoms with Crippen LogP contribution in [-0.4, -0.2) is 34.7 Å². The predicted molar refractivity (Wildman–Crippen MR) is 97.2 cm³/mol. The van der Waals surface area contributed by atoms with Gasteiger partial charge >= 0.3 is 0 Å². The van der Waals surface area contributed by atoms with Gasteiger partial charge in [0.15, 0.2) is 0 Å². The van der Waals surface area contributed by atoms with Crippen molar-refractivity contribution in [2.45, 2.75) is 12.8 Å². The zero-order valence-corrected chi connectivity index (χ0v) is 15.3. The molecule has 0 atom stereocenters. The first kappa shape index (κ1) is 20.2. The van der Waals surface area contributed by atoms with Gasteiger partial charge in [-0.3, -0.25) is 4.79 Å². The summed E-state index contributed by atoms with van der Waals surface area (Å²) in [6.07, 6.45) is 0. The van der Waals surface area contributed by atoms with Crippen molar-refractivity contribution in [3.05, 3.63) is 46.7 Å². The molecule has 0 aliphatic heterocycles. The van der Waals surface area contributed by atoms with Crippen LogP contribution in [0.15, 0.2) is 30.3 Å². The van der Waals surface area contributed by atoms with E-state index in [0.29, 0.717) is 21.1 Å². The monoisotopic (exact) mass is 404 g/mol. The van der Waals surface area contributed by atoms with Crippen LogP contribution in [-0.2, 0) is 0 Å². The summed E-state index contributed by atoms with van der Waals surface area (Å²) in [7, 11) is 0. The number of benzene rings is 1. The molecule has 0 bridgehead atoms. The van der Waals surface area contributed by atoms with E-state index in [9.17, 15) is 18.0 Å². The molecule has 3 rings (SSSR count). The number of halogens is 4. The highest BCUT2D eigenvalue weighted by Crippen LogP contribution is 2.30. The van der Waals surface area contributed by atoms with E-state index in [1.807, 2.05) is 0 Å². The Morgan fingerprint density at radius 1 is 1.35 bits per heavy atom. The third-order valence-corrected chi connectivity index (χ3v) is 4.76. The second-order valence-electron chi connectivity index (χ2n) is 5.55. The number of hydrogen-bond donors (Lipinski definition) is 2. The van der Waals surface area contributed by atoms with Crippen molar-refractivity contribution in [3.8, 4) is 5.69 Å². The number of carbonyl (C=O) groups is 1.